The molecule has 0 aromatic heterocycles. The van der Waals surface area contributed by atoms with Crippen LogP contribution in [0, 0.1) is 0 Å². The van der Waals surface area contributed by atoms with Crippen molar-refractivity contribution in [3.05, 3.63) is 11.3 Å². The minimum absolute atomic E-state index is 0.169. The molecule has 11 heavy (non-hydrogen) atoms. The van der Waals surface area contributed by atoms with Gasteiger partial charge in [-0.3, -0.25) is 4.79 Å². The average Bonchev–Trinajstić information content (AvgIpc) is 2.26. The predicted molar refractivity (Wildman–Crippen MR) is 39.9 cm³/mol. The molecule has 0 N–H and O–H groups in total. The van der Waals surface area contributed by atoms with Gasteiger partial charge >= 0.3 is 5.97 Å². The molecule has 0 spiro atoms. The largest absolute Gasteiger partial charge is 0.428 e. The summed E-state index contributed by atoms with van der Waals surface area (Å²) in [6.07, 6.45) is 0.419. The fourth-order valence-corrected chi connectivity index (χ4v) is 0.923. The number of ether oxygens (including phenoxy) is 2. The van der Waals surface area contributed by atoms with Gasteiger partial charge in [0.15, 0.2) is 0 Å². The van der Waals surface area contributed by atoms with Gasteiger partial charge in [0.1, 0.15) is 12.4 Å². The van der Waals surface area contributed by atoms with Crippen LogP contribution in [0.25, 0.3) is 0 Å². The van der Waals surface area contributed by atoms with Crippen LogP contribution in [0.3, 0.4) is 0 Å². The van der Waals surface area contributed by atoms with Crippen molar-refractivity contribution < 1.29 is 14.3 Å². The Bertz CT molecular complexity index is 194. The molecule has 62 valence electrons. The highest BCUT2D eigenvalue weighted by Gasteiger charge is 2.19. The van der Waals surface area contributed by atoms with Crippen LogP contribution in [0.5, 0.6) is 0 Å². The zero-order valence-corrected chi connectivity index (χ0v) is 6.85. The Kier molecular flexibility index (Phi) is 2.65. The number of rotatable bonds is 3. The first-order chi connectivity index (χ1) is 5.24. The van der Waals surface area contributed by atoms with Crippen LogP contribution in [0.15, 0.2) is 11.3 Å². The quantitative estimate of drug-likeness (QED) is 0.577. The Labute approximate surface area is 66.0 Å². The first-order valence-corrected chi connectivity index (χ1v) is 3.71. The summed E-state index contributed by atoms with van der Waals surface area (Å²) in [5.74, 6) is 0.522. The molecule has 0 aromatic rings. The smallest absolute Gasteiger partial charge is 0.315 e. The molecule has 0 radical (unpaired) electrons. The van der Waals surface area contributed by atoms with Crippen LogP contribution in [-0.4, -0.2) is 19.2 Å². The van der Waals surface area contributed by atoms with E-state index in [4.69, 9.17) is 9.47 Å². The lowest BCUT2D eigenvalue weighted by atomic mass is 10.2. The second-order valence-corrected chi connectivity index (χ2v) is 2.49. The van der Waals surface area contributed by atoms with Gasteiger partial charge in [-0.2, -0.15) is 0 Å². The van der Waals surface area contributed by atoms with Gasteiger partial charge < -0.3 is 9.47 Å². The van der Waals surface area contributed by atoms with E-state index < -0.39 is 0 Å². The van der Waals surface area contributed by atoms with Crippen molar-refractivity contribution in [1.82, 2.24) is 0 Å². The van der Waals surface area contributed by atoms with Crippen LogP contribution in [-0.2, 0) is 14.3 Å². The molecule has 0 saturated heterocycles. The van der Waals surface area contributed by atoms with E-state index in [2.05, 4.69) is 0 Å². The number of hydrogen-bond acceptors (Lipinski definition) is 3. The van der Waals surface area contributed by atoms with Crippen LogP contribution in [0.2, 0.25) is 0 Å². The lowest BCUT2D eigenvalue weighted by molar-refractivity contribution is -0.137. The monoisotopic (exact) mass is 156 g/mol. The number of hydrogen-bond donors (Lipinski definition) is 0. The molecule has 0 aliphatic carbocycles. The van der Waals surface area contributed by atoms with Crippen molar-refractivity contribution >= 4 is 5.97 Å². The molecule has 0 amide bonds. The standard InChI is InChI=1S/C8H12O3/c1-3-10-5-7-6(2)4-8(9)11-7/h3-5H2,1-2H3. The molecular weight excluding hydrogens is 144 g/mol. The summed E-state index contributed by atoms with van der Waals surface area (Å²) in [4.78, 5) is 10.7. The Balaban J connectivity index is 2.44. The lowest BCUT2D eigenvalue weighted by Gasteiger charge is -2.01. The molecule has 0 fully saturated rings. The molecule has 0 saturated carbocycles. The van der Waals surface area contributed by atoms with Crippen molar-refractivity contribution in [2.24, 2.45) is 0 Å². The first kappa shape index (κ1) is 8.27. The van der Waals surface area contributed by atoms with E-state index in [0.717, 1.165) is 5.57 Å². The van der Waals surface area contributed by atoms with Gasteiger partial charge in [-0.25, -0.2) is 0 Å². The molecule has 0 atom stereocenters. The normalized spacial score (nSPS) is 17.5. The number of cyclic esters (lactones) is 1. The van der Waals surface area contributed by atoms with Gasteiger partial charge in [-0.1, -0.05) is 0 Å². The highest BCUT2D eigenvalue weighted by Crippen LogP contribution is 2.19. The third-order valence-electron chi connectivity index (χ3n) is 1.56. The summed E-state index contributed by atoms with van der Waals surface area (Å²) >= 11 is 0. The van der Waals surface area contributed by atoms with E-state index >= 15 is 0 Å². The maximum Gasteiger partial charge on any atom is 0.315 e. The molecule has 0 bridgehead atoms. The van der Waals surface area contributed by atoms with Crippen molar-refractivity contribution in [3.63, 3.8) is 0 Å². The van der Waals surface area contributed by atoms with E-state index in [1.807, 2.05) is 13.8 Å². The van der Waals surface area contributed by atoms with Crippen molar-refractivity contribution in [2.75, 3.05) is 13.2 Å². The average molecular weight is 156 g/mol. The summed E-state index contributed by atoms with van der Waals surface area (Å²) in [7, 11) is 0. The Morgan fingerprint density at radius 3 is 2.82 bits per heavy atom. The summed E-state index contributed by atoms with van der Waals surface area (Å²) in [6.45, 7) is 4.87. The minimum atomic E-state index is -0.169. The molecule has 1 aliphatic rings. The fraction of sp³-hybridized carbons (Fsp3) is 0.625. The maximum absolute atomic E-state index is 10.7. The summed E-state index contributed by atoms with van der Waals surface area (Å²) in [5, 5.41) is 0. The predicted octanol–water partition coefficient (Wildman–Crippen LogP) is 1.24. The summed E-state index contributed by atoms with van der Waals surface area (Å²) < 4.78 is 9.99. The van der Waals surface area contributed by atoms with Crippen molar-refractivity contribution in [1.29, 1.82) is 0 Å². The van der Waals surface area contributed by atoms with E-state index in [9.17, 15) is 4.79 Å². The second-order valence-electron chi connectivity index (χ2n) is 2.49. The molecule has 1 aliphatic heterocycles. The van der Waals surface area contributed by atoms with E-state index in [0.29, 0.717) is 25.4 Å². The molecule has 3 nitrogen and oxygen atoms in total. The topological polar surface area (TPSA) is 35.5 Å². The Morgan fingerprint density at radius 2 is 2.36 bits per heavy atom. The number of esters is 1. The third kappa shape index (κ3) is 2.05. The highest BCUT2D eigenvalue weighted by molar-refractivity contribution is 5.76. The van der Waals surface area contributed by atoms with Gasteiger partial charge in [0.25, 0.3) is 0 Å². The molecule has 0 aromatic carbocycles. The Morgan fingerprint density at radius 1 is 1.64 bits per heavy atom. The van der Waals surface area contributed by atoms with Crippen molar-refractivity contribution in [2.45, 2.75) is 20.3 Å². The van der Waals surface area contributed by atoms with Gasteiger partial charge in [0, 0.05) is 6.61 Å². The Hall–Kier alpha value is -0.830. The molecular formula is C8H12O3. The fourth-order valence-electron chi connectivity index (χ4n) is 0.923. The van der Waals surface area contributed by atoms with Crippen LogP contribution in [0.4, 0.5) is 0 Å². The number of carbonyl (C=O) groups excluding carboxylic acids is 1. The highest BCUT2D eigenvalue weighted by atomic mass is 16.6. The lowest BCUT2D eigenvalue weighted by Crippen LogP contribution is -2.01. The van der Waals surface area contributed by atoms with Gasteiger partial charge in [0.05, 0.1) is 6.42 Å². The van der Waals surface area contributed by atoms with Crippen LogP contribution < -0.4 is 0 Å². The van der Waals surface area contributed by atoms with Gasteiger partial charge in [-0.15, -0.1) is 0 Å². The molecule has 1 heterocycles. The summed E-state index contributed by atoms with van der Waals surface area (Å²) in [5.41, 5.74) is 0.989. The first-order valence-electron chi connectivity index (χ1n) is 3.71. The second kappa shape index (κ2) is 3.53. The van der Waals surface area contributed by atoms with Crippen molar-refractivity contribution in [3.8, 4) is 0 Å². The zero-order chi connectivity index (χ0) is 8.27. The summed E-state index contributed by atoms with van der Waals surface area (Å²) in [6, 6.07) is 0. The van der Waals surface area contributed by atoms with E-state index in [1.165, 1.54) is 0 Å². The number of carbonyl (C=O) groups is 1. The van der Waals surface area contributed by atoms with Gasteiger partial charge in [-0.05, 0) is 19.4 Å². The maximum atomic E-state index is 10.7. The molecule has 3 heteroatoms. The SMILES string of the molecule is CCOCC1=C(C)CC(=O)O1. The third-order valence-corrected chi connectivity index (χ3v) is 1.56. The van der Waals surface area contributed by atoms with Crippen LogP contribution in [0.1, 0.15) is 20.3 Å². The molecule has 0 unspecified atom stereocenters. The minimum Gasteiger partial charge on any atom is -0.428 e. The van der Waals surface area contributed by atoms with E-state index in [1.54, 1.807) is 0 Å². The molecule has 1 rings (SSSR count). The van der Waals surface area contributed by atoms with E-state index in [-0.39, 0.29) is 5.97 Å². The van der Waals surface area contributed by atoms with Crippen LogP contribution >= 0.6 is 0 Å². The zero-order valence-electron chi connectivity index (χ0n) is 6.85. The van der Waals surface area contributed by atoms with Gasteiger partial charge in [0.2, 0.25) is 0 Å².